The highest BCUT2D eigenvalue weighted by molar-refractivity contribution is 6.08. The zero-order valence-corrected chi connectivity index (χ0v) is 15.0. The summed E-state index contributed by atoms with van der Waals surface area (Å²) in [6, 6.07) is 9.66. The minimum atomic E-state index is -0.495. The lowest BCUT2D eigenvalue weighted by molar-refractivity contribution is -0.384. The van der Waals surface area contributed by atoms with Crippen LogP contribution in [0.15, 0.2) is 55.0 Å². The fourth-order valence-corrected chi connectivity index (χ4v) is 3.25. The zero-order valence-electron chi connectivity index (χ0n) is 15.0. The molecule has 1 fully saturated rings. The summed E-state index contributed by atoms with van der Waals surface area (Å²) < 4.78 is 1.61. The van der Waals surface area contributed by atoms with Crippen molar-refractivity contribution in [3.63, 3.8) is 0 Å². The number of aromatic nitrogens is 3. The maximum absolute atomic E-state index is 12.9. The Hall–Kier alpha value is -3.75. The van der Waals surface area contributed by atoms with Crippen LogP contribution in [-0.4, -0.2) is 38.7 Å². The lowest BCUT2D eigenvalue weighted by Gasteiger charge is -2.20. The molecule has 1 N–H and O–H groups in total. The third-order valence-corrected chi connectivity index (χ3v) is 4.63. The van der Waals surface area contributed by atoms with E-state index in [1.165, 1.54) is 18.3 Å². The highest BCUT2D eigenvalue weighted by atomic mass is 16.6. The first kappa shape index (κ1) is 17.7. The molecule has 28 heavy (non-hydrogen) atoms. The Labute approximate surface area is 160 Å². The van der Waals surface area contributed by atoms with Gasteiger partial charge in [-0.1, -0.05) is 0 Å². The predicted octanol–water partition coefficient (Wildman–Crippen LogP) is 3.03. The van der Waals surface area contributed by atoms with Gasteiger partial charge in [0.2, 0.25) is 0 Å². The summed E-state index contributed by atoms with van der Waals surface area (Å²) in [6.07, 6.45) is 7.03. The van der Waals surface area contributed by atoms with Crippen LogP contribution in [-0.2, 0) is 0 Å². The van der Waals surface area contributed by atoms with Crippen molar-refractivity contribution in [2.75, 3.05) is 23.3 Å². The number of rotatable bonds is 5. The van der Waals surface area contributed by atoms with Gasteiger partial charge < -0.3 is 10.2 Å². The number of nitro groups is 1. The van der Waals surface area contributed by atoms with E-state index in [4.69, 9.17) is 0 Å². The molecule has 0 bridgehead atoms. The molecule has 4 rings (SSSR count). The fourth-order valence-electron chi connectivity index (χ4n) is 3.25. The number of hydrogen-bond donors (Lipinski definition) is 1. The summed E-state index contributed by atoms with van der Waals surface area (Å²) in [6.45, 7) is 1.66. The number of carbonyl (C=O) groups is 1. The summed E-state index contributed by atoms with van der Waals surface area (Å²) in [5, 5.41) is 18.0. The maximum atomic E-state index is 12.9. The van der Waals surface area contributed by atoms with Gasteiger partial charge in [0.05, 0.1) is 28.1 Å². The molecule has 1 aliphatic rings. The van der Waals surface area contributed by atoms with Crippen LogP contribution >= 0.6 is 0 Å². The molecule has 1 saturated heterocycles. The molecule has 3 aromatic rings. The molecule has 3 heterocycles. The van der Waals surface area contributed by atoms with Gasteiger partial charge in [-0.2, -0.15) is 5.10 Å². The number of nitrogens with zero attached hydrogens (tertiary/aromatic N) is 5. The third-order valence-electron chi connectivity index (χ3n) is 4.63. The van der Waals surface area contributed by atoms with Crippen molar-refractivity contribution in [1.82, 2.24) is 14.8 Å². The van der Waals surface area contributed by atoms with Crippen molar-refractivity contribution in [2.24, 2.45) is 0 Å². The van der Waals surface area contributed by atoms with Crippen molar-refractivity contribution in [1.29, 1.82) is 0 Å². The Morgan fingerprint density at radius 1 is 1.18 bits per heavy atom. The number of nitro benzene ring substituents is 1. The lowest BCUT2D eigenvalue weighted by Crippen LogP contribution is -2.23. The van der Waals surface area contributed by atoms with E-state index in [-0.39, 0.29) is 11.3 Å². The molecule has 0 aliphatic carbocycles. The average molecular weight is 378 g/mol. The first-order valence-corrected chi connectivity index (χ1v) is 8.92. The molecule has 0 atom stereocenters. The smallest absolute Gasteiger partial charge is 0.270 e. The van der Waals surface area contributed by atoms with Crippen LogP contribution in [0.3, 0.4) is 0 Å². The van der Waals surface area contributed by atoms with Crippen molar-refractivity contribution >= 4 is 23.0 Å². The quantitative estimate of drug-likeness (QED) is 0.540. The molecular weight excluding hydrogens is 360 g/mol. The normalized spacial score (nSPS) is 13.5. The maximum Gasteiger partial charge on any atom is 0.270 e. The number of hydrogen-bond acceptors (Lipinski definition) is 6. The minimum Gasteiger partial charge on any atom is -0.371 e. The fraction of sp³-hybridized carbons (Fsp3) is 0.211. The average Bonchev–Trinajstić information content (AvgIpc) is 3.42. The topological polar surface area (TPSA) is 106 Å². The van der Waals surface area contributed by atoms with Crippen LogP contribution in [0, 0.1) is 10.1 Å². The highest BCUT2D eigenvalue weighted by Crippen LogP contribution is 2.29. The Bertz CT molecular complexity index is 995. The second kappa shape index (κ2) is 7.47. The second-order valence-corrected chi connectivity index (χ2v) is 6.46. The van der Waals surface area contributed by atoms with Crippen LogP contribution in [0.4, 0.5) is 17.1 Å². The van der Waals surface area contributed by atoms with Gasteiger partial charge in [-0.25, -0.2) is 9.67 Å². The van der Waals surface area contributed by atoms with E-state index in [0.717, 1.165) is 25.9 Å². The van der Waals surface area contributed by atoms with Gasteiger partial charge in [-0.05, 0) is 37.1 Å². The van der Waals surface area contributed by atoms with Gasteiger partial charge in [0.25, 0.3) is 11.6 Å². The molecule has 1 amide bonds. The van der Waals surface area contributed by atoms with E-state index < -0.39 is 10.8 Å². The molecule has 0 saturated carbocycles. The Morgan fingerprint density at radius 3 is 2.64 bits per heavy atom. The van der Waals surface area contributed by atoms with E-state index in [1.807, 2.05) is 0 Å². The molecule has 0 unspecified atom stereocenters. The summed E-state index contributed by atoms with van der Waals surface area (Å²) in [5.41, 5.74) is 1.38. The number of carbonyl (C=O) groups excluding carboxylic acids is 1. The van der Waals surface area contributed by atoms with E-state index in [1.54, 1.807) is 41.3 Å². The number of pyridine rings is 1. The Kier molecular flexibility index (Phi) is 4.71. The van der Waals surface area contributed by atoms with Crippen LogP contribution in [0.5, 0.6) is 0 Å². The molecule has 2 aromatic heterocycles. The largest absolute Gasteiger partial charge is 0.371 e. The number of nitrogens with one attached hydrogen (secondary N) is 1. The first-order chi connectivity index (χ1) is 13.6. The Balaban J connectivity index is 1.59. The van der Waals surface area contributed by atoms with Crippen molar-refractivity contribution in [3.8, 4) is 5.82 Å². The molecule has 1 aromatic carbocycles. The molecule has 9 heteroatoms. The monoisotopic (exact) mass is 378 g/mol. The van der Waals surface area contributed by atoms with Gasteiger partial charge in [0, 0.05) is 37.6 Å². The molecule has 142 valence electrons. The number of benzene rings is 1. The van der Waals surface area contributed by atoms with Gasteiger partial charge in [-0.15, -0.1) is 0 Å². The van der Waals surface area contributed by atoms with Gasteiger partial charge in [0.1, 0.15) is 0 Å². The van der Waals surface area contributed by atoms with E-state index in [9.17, 15) is 14.9 Å². The van der Waals surface area contributed by atoms with Gasteiger partial charge in [0.15, 0.2) is 5.82 Å². The standard InChI is InChI=1S/C19H18N6O3/c26-19(22-14-4-7-18(20-13-14)24-11-3-8-21-24)16-12-15(25(27)28)5-6-17(16)23-9-1-2-10-23/h3-8,11-13H,1-2,9-10H2,(H,22,26). The summed E-state index contributed by atoms with van der Waals surface area (Å²) in [5.74, 6) is 0.218. The molecule has 0 spiro atoms. The predicted molar refractivity (Wildman–Crippen MR) is 104 cm³/mol. The number of anilines is 2. The SMILES string of the molecule is O=C(Nc1ccc(-n2cccn2)nc1)c1cc([N+](=O)[O-])ccc1N1CCCC1. The zero-order chi connectivity index (χ0) is 19.5. The Morgan fingerprint density at radius 2 is 2.00 bits per heavy atom. The van der Waals surface area contributed by atoms with Crippen LogP contribution in [0.25, 0.3) is 5.82 Å². The third kappa shape index (κ3) is 3.54. The molecule has 1 aliphatic heterocycles. The second-order valence-electron chi connectivity index (χ2n) is 6.46. The summed E-state index contributed by atoms with van der Waals surface area (Å²) in [4.78, 5) is 29.9. The van der Waals surface area contributed by atoms with Crippen molar-refractivity contribution in [2.45, 2.75) is 12.8 Å². The summed E-state index contributed by atoms with van der Waals surface area (Å²) >= 11 is 0. The van der Waals surface area contributed by atoms with Crippen molar-refractivity contribution < 1.29 is 9.72 Å². The molecular formula is C19H18N6O3. The van der Waals surface area contributed by atoms with Gasteiger partial charge in [-0.3, -0.25) is 14.9 Å². The lowest BCUT2D eigenvalue weighted by atomic mass is 10.1. The van der Waals surface area contributed by atoms with Crippen LogP contribution in [0.2, 0.25) is 0 Å². The number of amides is 1. The van der Waals surface area contributed by atoms with Crippen LogP contribution in [0.1, 0.15) is 23.2 Å². The number of non-ortho nitro benzene ring substituents is 1. The van der Waals surface area contributed by atoms with E-state index >= 15 is 0 Å². The minimum absolute atomic E-state index is 0.111. The van der Waals surface area contributed by atoms with Crippen molar-refractivity contribution in [3.05, 3.63) is 70.7 Å². The molecule has 0 radical (unpaired) electrons. The highest BCUT2D eigenvalue weighted by Gasteiger charge is 2.22. The first-order valence-electron chi connectivity index (χ1n) is 8.92. The van der Waals surface area contributed by atoms with E-state index in [0.29, 0.717) is 17.2 Å². The summed E-state index contributed by atoms with van der Waals surface area (Å²) in [7, 11) is 0. The van der Waals surface area contributed by atoms with Gasteiger partial charge >= 0.3 is 0 Å². The molecule has 9 nitrogen and oxygen atoms in total. The van der Waals surface area contributed by atoms with E-state index in [2.05, 4.69) is 20.3 Å². The van der Waals surface area contributed by atoms with Crippen LogP contribution < -0.4 is 10.2 Å².